The van der Waals surface area contributed by atoms with E-state index in [-0.39, 0.29) is 12.6 Å². The van der Waals surface area contributed by atoms with Crippen LogP contribution in [0.15, 0.2) is 73.1 Å². The molecule has 2 fully saturated rings. The first-order chi connectivity index (χ1) is 15.7. The molecule has 2 aliphatic heterocycles. The van der Waals surface area contributed by atoms with E-state index < -0.39 is 0 Å². The maximum atomic E-state index is 10.2. The molecule has 0 aliphatic carbocycles. The summed E-state index contributed by atoms with van der Waals surface area (Å²) in [5.74, 6) is 0.379. The normalized spacial score (nSPS) is 24.2. The Morgan fingerprint density at radius 2 is 1.72 bits per heavy atom. The van der Waals surface area contributed by atoms with Crippen molar-refractivity contribution in [1.29, 1.82) is 0 Å². The summed E-state index contributed by atoms with van der Waals surface area (Å²) in [5, 5.41) is 10.2. The van der Waals surface area contributed by atoms with Crippen molar-refractivity contribution in [3.8, 4) is 11.1 Å². The van der Waals surface area contributed by atoms with Gasteiger partial charge in [0, 0.05) is 43.5 Å². The quantitative estimate of drug-likeness (QED) is 0.652. The van der Waals surface area contributed by atoms with Crippen molar-refractivity contribution in [3.63, 3.8) is 0 Å². The number of hydrogen-bond donors (Lipinski definition) is 1. The Morgan fingerprint density at radius 1 is 0.938 bits per heavy atom. The monoisotopic (exact) mass is 427 g/mol. The summed E-state index contributed by atoms with van der Waals surface area (Å²) in [4.78, 5) is 9.31. The first-order valence-corrected chi connectivity index (χ1v) is 11.9. The number of aliphatic hydroxyl groups is 1. The average Bonchev–Trinajstić information content (AvgIpc) is 2.81. The first-order valence-electron chi connectivity index (χ1n) is 11.9. The molecule has 4 nitrogen and oxygen atoms in total. The molecule has 0 amide bonds. The van der Waals surface area contributed by atoms with Crippen molar-refractivity contribution in [2.24, 2.45) is 0 Å². The van der Waals surface area contributed by atoms with Crippen LogP contribution in [0.3, 0.4) is 0 Å². The van der Waals surface area contributed by atoms with Crippen molar-refractivity contribution in [1.82, 2.24) is 14.8 Å². The molecule has 0 unspecified atom stereocenters. The van der Waals surface area contributed by atoms with E-state index >= 15 is 0 Å². The summed E-state index contributed by atoms with van der Waals surface area (Å²) in [5.41, 5.74) is 6.48. The van der Waals surface area contributed by atoms with Gasteiger partial charge in [-0.15, -0.1) is 0 Å². The number of aromatic nitrogens is 1. The predicted molar refractivity (Wildman–Crippen MR) is 129 cm³/mol. The topological polar surface area (TPSA) is 39.6 Å². The molecule has 0 bridgehead atoms. The van der Waals surface area contributed by atoms with Crippen molar-refractivity contribution >= 4 is 0 Å². The zero-order chi connectivity index (χ0) is 21.9. The Labute approximate surface area is 191 Å². The van der Waals surface area contributed by atoms with Gasteiger partial charge in [0.05, 0.1) is 6.61 Å². The van der Waals surface area contributed by atoms with E-state index in [2.05, 4.69) is 82.4 Å². The first kappa shape index (κ1) is 21.3. The Balaban J connectivity index is 1.36. The van der Waals surface area contributed by atoms with Gasteiger partial charge in [-0.25, -0.2) is 0 Å². The van der Waals surface area contributed by atoms with Crippen LogP contribution < -0.4 is 0 Å². The van der Waals surface area contributed by atoms with Crippen LogP contribution in [0.1, 0.15) is 35.4 Å². The lowest BCUT2D eigenvalue weighted by Crippen LogP contribution is -2.67. The minimum atomic E-state index is 0.227. The van der Waals surface area contributed by atoms with Gasteiger partial charge in [0.1, 0.15) is 0 Å². The van der Waals surface area contributed by atoms with Crippen LogP contribution in [0.2, 0.25) is 0 Å². The van der Waals surface area contributed by atoms with E-state index in [0.717, 1.165) is 26.2 Å². The zero-order valence-electron chi connectivity index (χ0n) is 18.9. The second-order valence-corrected chi connectivity index (χ2v) is 9.37. The standard InChI is InChI=1S/C28H33N3O/c1-21-5-4-6-25(17-21)23-7-9-24(10-8-23)28-26-19-30(18-22-11-13-29-14-12-22)15-2-3-16-31(26)27(28)20-32/h4-14,17,26-28,32H,2-3,15-16,18-20H2,1H3/t26-,27-,28-/m0/s1. The lowest BCUT2D eigenvalue weighted by Gasteiger charge is -2.57. The molecular weight excluding hydrogens is 394 g/mol. The van der Waals surface area contributed by atoms with Crippen LogP contribution in [0.5, 0.6) is 0 Å². The summed E-state index contributed by atoms with van der Waals surface area (Å²) < 4.78 is 0. The predicted octanol–water partition coefficient (Wildman–Crippen LogP) is 4.48. The Morgan fingerprint density at radius 3 is 2.47 bits per heavy atom. The number of aryl methyl sites for hydroxylation is 1. The highest BCUT2D eigenvalue weighted by molar-refractivity contribution is 5.64. The Hall–Kier alpha value is -2.53. The molecular formula is C28H33N3O. The number of nitrogens with zero attached hydrogens (tertiary/aromatic N) is 3. The maximum Gasteiger partial charge on any atom is 0.0593 e. The Kier molecular flexibility index (Phi) is 6.35. The number of aliphatic hydroxyl groups excluding tert-OH is 1. The number of hydrogen-bond acceptors (Lipinski definition) is 4. The fourth-order valence-electron chi connectivity index (χ4n) is 5.62. The van der Waals surface area contributed by atoms with Crippen LogP contribution in [0.25, 0.3) is 11.1 Å². The summed E-state index contributed by atoms with van der Waals surface area (Å²) in [7, 11) is 0. The number of pyridine rings is 1. The Bertz CT molecular complexity index is 1020. The molecule has 2 saturated heterocycles. The molecule has 1 N–H and O–H groups in total. The summed E-state index contributed by atoms with van der Waals surface area (Å²) in [6.07, 6.45) is 6.17. The third-order valence-electron chi connectivity index (χ3n) is 7.26. The van der Waals surface area contributed by atoms with E-state index in [1.54, 1.807) is 0 Å². The van der Waals surface area contributed by atoms with Gasteiger partial charge in [-0.2, -0.15) is 0 Å². The van der Waals surface area contributed by atoms with Gasteiger partial charge in [0.2, 0.25) is 0 Å². The van der Waals surface area contributed by atoms with Crippen LogP contribution in [-0.2, 0) is 6.54 Å². The second kappa shape index (κ2) is 9.53. The van der Waals surface area contributed by atoms with Gasteiger partial charge < -0.3 is 5.11 Å². The van der Waals surface area contributed by atoms with Gasteiger partial charge in [-0.05, 0) is 67.2 Å². The zero-order valence-corrected chi connectivity index (χ0v) is 18.9. The van der Waals surface area contributed by atoms with Gasteiger partial charge >= 0.3 is 0 Å². The summed E-state index contributed by atoms with van der Waals surface area (Å²) >= 11 is 0. The fourth-order valence-corrected chi connectivity index (χ4v) is 5.62. The van der Waals surface area contributed by atoms with Gasteiger partial charge in [-0.3, -0.25) is 14.8 Å². The number of rotatable bonds is 5. The van der Waals surface area contributed by atoms with Crippen LogP contribution in [0.4, 0.5) is 0 Å². The van der Waals surface area contributed by atoms with Crippen LogP contribution in [-0.4, -0.2) is 58.2 Å². The molecule has 3 heterocycles. The van der Waals surface area contributed by atoms with Crippen LogP contribution in [0, 0.1) is 6.92 Å². The van der Waals surface area contributed by atoms with E-state index in [1.165, 1.54) is 40.7 Å². The SMILES string of the molecule is Cc1cccc(-c2ccc([C@@H]3[C@H](CO)N4CCCCN(Cc5ccncc5)C[C@@H]34)cc2)c1. The molecule has 5 rings (SSSR count). The second-order valence-electron chi connectivity index (χ2n) is 9.37. The summed E-state index contributed by atoms with van der Waals surface area (Å²) in [6, 6.07) is 22.7. The highest BCUT2D eigenvalue weighted by Gasteiger charge is 2.48. The molecule has 32 heavy (non-hydrogen) atoms. The van der Waals surface area contributed by atoms with Crippen molar-refractivity contribution < 1.29 is 5.11 Å². The molecule has 3 aromatic rings. The molecule has 0 radical (unpaired) electrons. The van der Waals surface area contributed by atoms with Gasteiger partial charge in [0.25, 0.3) is 0 Å². The van der Waals surface area contributed by atoms with Crippen molar-refractivity contribution in [2.45, 2.75) is 44.3 Å². The van der Waals surface area contributed by atoms with Gasteiger partial charge in [0.15, 0.2) is 0 Å². The van der Waals surface area contributed by atoms with Crippen molar-refractivity contribution in [2.75, 3.05) is 26.2 Å². The maximum absolute atomic E-state index is 10.2. The molecule has 0 spiro atoms. The minimum Gasteiger partial charge on any atom is -0.395 e. The molecule has 3 atom stereocenters. The lowest BCUT2D eigenvalue weighted by molar-refractivity contribution is -0.0655. The van der Waals surface area contributed by atoms with Crippen LogP contribution >= 0.6 is 0 Å². The largest absolute Gasteiger partial charge is 0.395 e. The summed E-state index contributed by atoms with van der Waals surface area (Å²) in [6.45, 7) is 6.61. The highest BCUT2D eigenvalue weighted by atomic mass is 16.3. The van der Waals surface area contributed by atoms with Crippen molar-refractivity contribution in [3.05, 3.63) is 89.7 Å². The molecule has 1 aromatic heterocycles. The smallest absolute Gasteiger partial charge is 0.0593 e. The third-order valence-corrected chi connectivity index (χ3v) is 7.26. The molecule has 2 aromatic carbocycles. The lowest BCUT2D eigenvalue weighted by atomic mass is 9.74. The highest BCUT2D eigenvalue weighted by Crippen LogP contribution is 2.42. The van der Waals surface area contributed by atoms with E-state index in [4.69, 9.17) is 0 Å². The van der Waals surface area contributed by atoms with E-state index in [0.29, 0.717) is 12.0 Å². The molecule has 0 saturated carbocycles. The van der Waals surface area contributed by atoms with E-state index in [9.17, 15) is 5.11 Å². The minimum absolute atomic E-state index is 0.227. The number of benzene rings is 2. The van der Waals surface area contributed by atoms with Gasteiger partial charge in [-0.1, -0.05) is 54.1 Å². The average molecular weight is 428 g/mol. The molecule has 166 valence electrons. The number of fused-ring (bicyclic) bond motifs is 1. The third kappa shape index (κ3) is 4.36. The fraction of sp³-hybridized carbons (Fsp3) is 0.393. The van der Waals surface area contributed by atoms with E-state index in [1.807, 2.05) is 12.4 Å². The molecule has 4 heteroatoms. The molecule has 2 aliphatic rings.